The molecule has 1 fully saturated rings. The van der Waals surface area contributed by atoms with Crippen LogP contribution < -0.4 is 0 Å². The van der Waals surface area contributed by atoms with E-state index in [2.05, 4.69) is 4.98 Å². The Morgan fingerprint density at radius 2 is 2.17 bits per heavy atom. The molecule has 1 aliphatic heterocycles. The second kappa shape index (κ2) is 4.84. The number of nitrogens with zero attached hydrogens (tertiary/aromatic N) is 4. The summed E-state index contributed by atoms with van der Waals surface area (Å²) in [7, 11) is 1.61. The summed E-state index contributed by atoms with van der Waals surface area (Å²) >= 11 is 0. The molecule has 1 aromatic rings. The molecule has 6 nitrogen and oxygen atoms in total. The number of hydrogen-bond donors (Lipinski definition) is 0. The Bertz CT molecular complexity index is 535. The average Bonchev–Trinajstić information content (AvgIpc) is 2.36. The van der Waals surface area contributed by atoms with Crippen LogP contribution in [0.15, 0.2) is 18.3 Å². The molecule has 92 valence electrons. The second-order valence-electron chi connectivity index (χ2n) is 4.16. The van der Waals surface area contributed by atoms with Gasteiger partial charge in [0.05, 0.1) is 6.54 Å². The maximum Gasteiger partial charge on any atom is 0.242 e. The van der Waals surface area contributed by atoms with Crippen LogP contribution in [-0.4, -0.2) is 46.7 Å². The van der Waals surface area contributed by atoms with Crippen molar-refractivity contribution < 1.29 is 9.59 Å². The van der Waals surface area contributed by atoms with Gasteiger partial charge in [0.15, 0.2) is 0 Å². The van der Waals surface area contributed by atoms with E-state index in [1.165, 1.54) is 16.0 Å². The summed E-state index contributed by atoms with van der Waals surface area (Å²) in [6.07, 6.45) is 1.52. The Morgan fingerprint density at radius 1 is 1.39 bits per heavy atom. The number of carbonyl (C=O) groups excluding carboxylic acids is 2. The van der Waals surface area contributed by atoms with Crippen molar-refractivity contribution in [1.29, 1.82) is 5.26 Å². The summed E-state index contributed by atoms with van der Waals surface area (Å²) in [5.41, 5.74) is 1.10. The molecule has 2 amide bonds. The van der Waals surface area contributed by atoms with Crippen LogP contribution in [0.3, 0.4) is 0 Å². The van der Waals surface area contributed by atoms with Crippen molar-refractivity contribution >= 4 is 11.8 Å². The molecule has 0 bridgehead atoms. The highest BCUT2D eigenvalue weighted by molar-refractivity contribution is 5.92. The topological polar surface area (TPSA) is 77.3 Å². The van der Waals surface area contributed by atoms with Gasteiger partial charge in [-0.05, 0) is 17.7 Å². The molecule has 0 aliphatic carbocycles. The SMILES string of the molecule is CN1CC(=O)N(Cc2ccnc(C#N)c2)CC1=O. The van der Waals surface area contributed by atoms with Gasteiger partial charge < -0.3 is 9.80 Å². The summed E-state index contributed by atoms with van der Waals surface area (Å²) in [6.45, 7) is 0.518. The highest BCUT2D eigenvalue weighted by Gasteiger charge is 2.27. The molecule has 0 atom stereocenters. The second-order valence-corrected chi connectivity index (χ2v) is 4.16. The van der Waals surface area contributed by atoms with Gasteiger partial charge in [-0.3, -0.25) is 9.59 Å². The van der Waals surface area contributed by atoms with Crippen LogP contribution in [0.5, 0.6) is 0 Å². The fourth-order valence-electron chi connectivity index (χ4n) is 1.76. The molecule has 0 aromatic carbocycles. The van der Waals surface area contributed by atoms with Gasteiger partial charge >= 0.3 is 0 Å². The van der Waals surface area contributed by atoms with Gasteiger partial charge in [-0.25, -0.2) is 4.98 Å². The molecule has 6 heteroatoms. The lowest BCUT2D eigenvalue weighted by atomic mass is 10.2. The molecule has 2 heterocycles. The van der Waals surface area contributed by atoms with E-state index in [-0.39, 0.29) is 24.9 Å². The monoisotopic (exact) mass is 244 g/mol. The normalized spacial score (nSPS) is 15.8. The van der Waals surface area contributed by atoms with Gasteiger partial charge in [-0.1, -0.05) is 0 Å². The first-order valence-corrected chi connectivity index (χ1v) is 5.47. The van der Waals surface area contributed by atoms with Crippen molar-refractivity contribution in [1.82, 2.24) is 14.8 Å². The quantitative estimate of drug-likeness (QED) is 0.719. The summed E-state index contributed by atoms with van der Waals surface area (Å²) in [4.78, 5) is 30.0. The van der Waals surface area contributed by atoms with E-state index >= 15 is 0 Å². The zero-order valence-corrected chi connectivity index (χ0v) is 9.96. The van der Waals surface area contributed by atoms with E-state index < -0.39 is 0 Å². The Kier molecular flexibility index (Phi) is 3.24. The third-order valence-corrected chi connectivity index (χ3v) is 2.79. The minimum Gasteiger partial charge on any atom is -0.335 e. The number of piperazine rings is 1. The Hall–Kier alpha value is -2.42. The van der Waals surface area contributed by atoms with Gasteiger partial charge in [0, 0.05) is 19.8 Å². The van der Waals surface area contributed by atoms with E-state index in [0.717, 1.165) is 5.56 Å². The summed E-state index contributed by atoms with van der Waals surface area (Å²) in [5.74, 6) is -0.170. The third-order valence-electron chi connectivity index (χ3n) is 2.79. The summed E-state index contributed by atoms with van der Waals surface area (Å²) in [6, 6.07) is 5.30. The Balaban J connectivity index is 2.11. The van der Waals surface area contributed by atoms with Crippen LogP contribution in [-0.2, 0) is 16.1 Å². The fraction of sp³-hybridized carbons (Fsp3) is 0.333. The van der Waals surface area contributed by atoms with Crippen molar-refractivity contribution in [2.45, 2.75) is 6.54 Å². The minimum absolute atomic E-state index is 0.0795. The standard InChI is InChI=1S/C12H12N4O2/c1-15-7-12(18)16(8-11(15)17)6-9-2-3-14-10(4-9)5-13/h2-4H,6-8H2,1H3. The van der Waals surface area contributed by atoms with E-state index in [4.69, 9.17) is 5.26 Å². The van der Waals surface area contributed by atoms with E-state index in [0.29, 0.717) is 12.2 Å². The number of nitriles is 1. The predicted octanol–water partition coefficient (Wildman–Crippen LogP) is -0.246. The molecule has 1 aliphatic rings. The zero-order chi connectivity index (χ0) is 13.1. The van der Waals surface area contributed by atoms with E-state index in [9.17, 15) is 9.59 Å². The van der Waals surface area contributed by atoms with Gasteiger partial charge in [0.25, 0.3) is 0 Å². The Morgan fingerprint density at radius 3 is 2.89 bits per heavy atom. The van der Waals surface area contributed by atoms with Gasteiger partial charge in [-0.15, -0.1) is 0 Å². The number of rotatable bonds is 2. The van der Waals surface area contributed by atoms with Gasteiger partial charge in [-0.2, -0.15) is 5.26 Å². The lowest BCUT2D eigenvalue weighted by molar-refractivity contribution is -0.149. The number of pyridine rings is 1. The first-order chi connectivity index (χ1) is 8.60. The third kappa shape index (κ3) is 2.46. The maximum atomic E-state index is 11.8. The number of aromatic nitrogens is 1. The Labute approximate surface area is 104 Å². The summed E-state index contributed by atoms with van der Waals surface area (Å²) in [5, 5.41) is 8.74. The van der Waals surface area contributed by atoms with E-state index in [1.54, 1.807) is 19.2 Å². The van der Waals surface area contributed by atoms with Crippen molar-refractivity contribution in [2.24, 2.45) is 0 Å². The largest absolute Gasteiger partial charge is 0.335 e. The fourth-order valence-corrected chi connectivity index (χ4v) is 1.76. The molecular formula is C12H12N4O2. The molecule has 1 saturated heterocycles. The highest BCUT2D eigenvalue weighted by atomic mass is 16.2. The van der Waals surface area contributed by atoms with Crippen LogP contribution in [0.4, 0.5) is 0 Å². The van der Waals surface area contributed by atoms with Gasteiger partial charge in [0.2, 0.25) is 11.8 Å². The predicted molar refractivity (Wildman–Crippen MR) is 62.0 cm³/mol. The van der Waals surface area contributed by atoms with Crippen molar-refractivity contribution in [3.63, 3.8) is 0 Å². The lowest BCUT2D eigenvalue weighted by Crippen LogP contribution is -2.51. The summed E-state index contributed by atoms with van der Waals surface area (Å²) < 4.78 is 0. The lowest BCUT2D eigenvalue weighted by Gasteiger charge is -2.31. The molecule has 0 saturated carbocycles. The van der Waals surface area contributed by atoms with Crippen molar-refractivity contribution in [3.8, 4) is 6.07 Å². The first kappa shape index (κ1) is 12.0. The van der Waals surface area contributed by atoms with E-state index in [1.807, 2.05) is 6.07 Å². The first-order valence-electron chi connectivity index (χ1n) is 5.47. The molecule has 1 aromatic heterocycles. The van der Waals surface area contributed by atoms with Crippen LogP contribution in [0.25, 0.3) is 0 Å². The number of likely N-dealkylation sites (N-methyl/N-ethyl adjacent to an activating group) is 1. The van der Waals surface area contributed by atoms with Crippen molar-refractivity contribution in [2.75, 3.05) is 20.1 Å². The molecule has 18 heavy (non-hydrogen) atoms. The van der Waals surface area contributed by atoms with Crippen molar-refractivity contribution in [3.05, 3.63) is 29.6 Å². The van der Waals surface area contributed by atoms with Crippen LogP contribution in [0, 0.1) is 11.3 Å². The van der Waals surface area contributed by atoms with Crippen LogP contribution in [0.2, 0.25) is 0 Å². The number of hydrogen-bond acceptors (Lipinski definition) is 4. The zero-order valence-electron chi connectivity index (χ0n) is 9.96. The molecule has 0 spiro atoms. The molecule has 2 rings (SSSR count). The number of amides is 2. The highest BCUT2D eigenvalue weighted by Crippen LogP contribution is 2.10. The minimum atomic E-state index is -0.0904. The number of carbonyl (C=O) groups is 2. The maximum absolute atomic E-state index is 11.8. The average molecular weight is 244 g/mol. The van der Waals surface area contributed by atoms with Crippen LogP contribution >= 0.6 is 0 Å². The van der Waals surface area contributed by atoms with Crippen LogP contribution in [0.1, 0.15) is 11.3 Å². The molecule has 0 radical (unpaired) electrons. The van der Waals surface area contributed by atoms with Gasteiger partial charge in [0.1, 0.15) is 18.3 Å². The smallest absolute Gasteiger partial charge is 0.242 e. The molecule has 0 unspecified atom stereocenters. The molecule has 0 N–H and O–H groups in total. The molecular weight excluding hydrogens is 232 g/mol.